The third kappa shape index (κ3) is 1.85. The van der Waals surface area contributed by atoms with Gasteiger partial charge in [-0.1, -0.05) is 16.3 Å². The summed E-state index contributed by atoms with van der Waals surface area (Å²) in [5.74, 6) is 0.282. The number of carbonyl (C=O) groups excluding carboxylic acids is 1. The lowest BCUT2D eigenvalue weighted by Gasteiger charge is -2.26. The lowest BCUT2D eigenvalue weighted by molar-refractivity contribution is -0.121. The van der Waals surface area contributed by atoms with Crippen LogP contribution in [-0.2, 0) is 4.79 Å². The Morgan fingerprint density at radius 3 is 2.67 bits per heavy atom. The highest BCUT2D eigenvalue weighted by Crippen LogP contribution is 2.26. The number of hydrogen-bond acceptors (Lipinski definition) is 3. The van der Waals surface area contributed by atoms with E-state index in [1.807, 2.05) is 6.92 Å². The summed E-state index contributed by atoms with van der Waals surface area (Å²) in [5.41, 5.74) is 5.90. The SMILES string of the molecule is CC(=O)[C@@H](C)[C@H]1[C@H](N)CCN1P. The molecule has 12 heavy (non-hydrogen) atoms. The summed E-state index contributed by atoms with van der Waals surface area (Å²) >= 11 is 0. The van der Waals surface area contributed by atoms with Gasteiger partial charge in [0.25, 0.3) is 0 Å². The van der Waals surface area contributed by atoms with E-state index in [-0.39, 0.29) is 23.8 Å². The molecule has 0 amide bonds. The summed E-state index contributed by atoms with van der Waals surface area (Å²) in [6.07, 6.45) is 0.992. The van der Waals surface area contributed by atoms with E-state index in [0.717, 1.165) is 13.0 Å². The highest BCUT2D eigenvalue weighted by molar-refractivity contribution is 7.13. The van der Waals surface area contributed by atoms with E-state index in [4.69, 9.17) is 5.73 Å². The maximum atomic E-state index is 11.1. The first-order chi connectivity index (χ1) is 5.54. The Labute approximate surface area is 75.9 Å². The molecule has 0 aromatic heterocycles. The van der Waals surface area contributed by atoms with Gasteiger partial charge in [0, 0.05) is 24.5 Å². The fourth-order valence-electron chi connectivity index (χ4n) is 1.76. The lowest BCUT2D eigenvalue weighted by atomic mass is 9.94. The Kier molecular flexibility index (Phi) is 3.22. The van der Waals surface area contributed by atoms with E-state index < -0.39 is 0 Å². The number of nitrogens with two attached hydrogens (primary N) is 1. The van der Waals surface area contributed by atoms with E-state index >= 15 is 0 Å². The second-order valence-electron chi connectivity index (χ2n) is 3.58. The molecule has 70 valence electrons. The molecule has 0 radical (unpaired) electrons. The molecule has 0 aromatic rings. The predicted octanol–water partition coefficient (Wildman–Crippen LogP) is 0.403. The monoisotopic (exact) mass is 188 g/mol. The van der Waals surface area contributed by atoms with Crippen LogP contribution in [0, 0.1) is 5.92 Å². The molecule has 1 aliphatic rings. The van der Waals surface area contributed by atoms with Crippen LogP contribution < -0.4 is 5.73 Å². The van der Waals surface area contributed by atoms with Crippen molar-refractivity contribution in [2.24, 2.45) is 11.7 Å². The fraction of sp³-hybridized carbons (Fsp3) is 0.875. The van der Waals surface area contributed by atoms with Crippen LogP contribution in [-0.4, -0.2) is 29.1 Å². The van der Waals surface area contributed by atoms with E-state index in [1.54, 1.807) is 6.92 Å². The molecule has 3 nitrogen and oxygen atoms in total. The number of Topliss-reactive ketones (excluding diaryl/α,β-unsaturated/α-hetero) is 1. The van der Waals surface area contributed by atoms with Crippen molar-refractivity contribution in [2.75, 3.05) is 6.54 Å². The third-order valence-corrected chi connectivity index (χ3v) is 3.30. The van der Waals surface area contributed by atoms with Crippen molar-refractivity contribution in [2.45, 2.75) is 32.4 Å². The number of carbonyl (C=O) groups is 1. The molecule has 0 aromatic carbocycles. The average molecular weight is 188 g/mol. The molecule has 1 rings (SSSR count). The average Bonchev–Trinajstić information content (AvgIpc) is 2.30. The van der Waals surface area contributed by atoms with Crippen molar-refractivity contribution < 1.29 is 4.79 Å². The summed E-state index contributed by atoms with van der Waals surface area (Å²) < 4.78 is 2.11. The second-order valence-corrected chi connectivity index (χ2v) is 4.24. The van der Waals surface area contributed by atoms with Gasteiger partial charge >= 0.3 is 0 Å². The highest BCUT2D eigenvalue weighted by atomic mass is 31.0. The van der Waals surface area contributed by atoms with Gasteiger partial charge in [-0.05, 0) is 13.3 Å². The summed E-state index contributed by atoms with van der Waals surface area (Å²) in [6.45, 7) is 4.57. The zero-order valence-electron chi connectivity index (χ0n) is 7.66. The third-order valence-electron chi connectivity index (χ3n) is 2.70. The molecule has 1 heterocycles. The van der Waals surface area contributed by atoms with E-state index in [9.17, 15) is 4.79 Å². The molecule has 2 N–H and O–H groups in total. The molecular formula is C8H17N2OP. The molecule has 0 aliphatic carbocycles. The summed E-state index contributed by atoms with van der Waals surface area (Å²) in [7, 11) is 2.65. The molecule has 1 aliphatic heterocycles. The highest BCUT2D eigenvalue weighted by Gasteiger charge is 2.35. The Bertz CT molecular complexity index is 176. The zero-order valence-corrected chi connectivity index (χ0v) is 8.81. The standard InChI is InChI=1S/C8H17N2OP/c1-5(6(2)11)8-7(9)3-4-10(8)12/h5,7-8H,3-4,9,12H2,1-2H3/t5-,7-,8+/m1/s1. The topological polar surface area (TPSA) is 46.3 Å². The van der Waals surface area contributed by atoms with Crippen LogP contribution in [0.2, 0.25) is 0 Å². The van der Waals surface area contributed by atoms with Crippen LogP contribution in [0.15, 0.2) is 0 Å². The van der Waals surface area contributed by atoms with Gasteiger partial charge in [-0.25, -0.2) is 0 Å². The van der Waals surface area contributed by atoms with Crippen molar-refractivity contribution in [3.8, 4) is 0 Å². The first-order valence-corrected chi connectivity index (χ1v) is 4.83. The molecular weight excluding hydrogens is 171 g/mol. The lowest BCUT2D eigenvalue weighted by Crippen LogP contribution is -2.42. The molecule has 4 atom stereocenters. The first-order valence-electron chi connectivity index (χ1n) is 4.31. The molecule has 1 fully saturated rings. The Morgan fingerprint density at radius 2 is 2.33 bits per heavy atom. The summed E-state index contributed by atoms with van der Waals surface area (Å²) in [4.78, 5) is 11.1. The number of hydrogen-bond donors (Lipinski definition) is 1. The van der Waals surface area contributed by atoms with Gasteiger partial charge in [-0.2, -0.15) is 0 Å². The first kappa shape index (κ1) is 10.1. The fourth-order valence-corrected chi connectivity index (χ4v) is 2.39. The van der Waals surface area contributed by atoms with Crippen LogP contribution >= 0.6 is 9.39 Å². The van der Waals surface area contributed by atoms with Crippen molar-refractivity contribution in [3.63, 3.8) is 0 Å². The summed E-state index contributed by atoms with van der Waals surface area (Å²) in [6, 6.07) is 0.369. The van der Waals surface area contributed by atoms with Crippen molar-refractivity contribution in [1.82, 2.24) is 4.67 Å². The minimum Gasteiger partial charge on any atom is -0.326 e. The van der Waals surface area contributed by atoms with Gasteiger partial charge in [0.1, 0.15) is 5.78 Å². The van der Waals surface area contributed by atoms with E-state index in [0.29, 0.717) is 0 Å². The van der Waals surface area contributed by atoms with Crippen molar-refractivity contribution in [3.05, 3.63) is 0 Å². The van der Waals surface area contributed by atoms with Crippen LogP contribution in [0.5, 0.6) is 0 Å². The van der Waals surface area contributed by atoms with Crippen LogP contribution in [0.4, 0.5) is 0 Å². The largest absolute Gasteiger partial charge is 0.326 e. The van der Waals surface area contributed by atoms with E-state index in [1.165, 1.54) is 0 Å². The number of nitrogens with zero attached hydrogens (tertiary/aromatic N) is 1. The molecule has 4 heteroatoms. The Hall–Kier alpha value is 0.0200. The maximum absolute atomic E-state index is 11.1. The van der Waals surface area contributed by atoms with E-state index in [2.05, 4.69) is 14.1 Å². The van der Waals surface area contributed by atoms with Gasteiger partial charge in [-0.3, -0.25) is 9.46 Å². The minimum atomic E-state index is 0.0556. The molecule has 1 saturated heterocycles. The van der Waals surface area contributed by atoms with Crippen LogP contribution in [0.25, 0.3) is 0 Å². The smallest absolute Gasteiger partial charge is 0.134 e. The Balaban J connectivity index is 2.65. The zero-order chi connectivity index (χ0) is 9.30. The molecule has 0 spiro atoms. The van der Waals surface area contributed by atoms with Crippen molar-refractivity contribution >= 4 is 15.2 Å². The Morgan fingerprint density at radius 1 is 1.75 bits per heavy atom. The number of ketones is 1. The van der Waals surface area contributed by atoms with Gasteiger partial charge in [0.05, 0.1) is 0 Å². The normalized spacial score (nSPS) is 33.7. The predicted molar refractivity (Wildman–Crippen MR) is 52.6 cm³/mol. The molecule has 1 unspecified atom stereocenters. The van der Waals surface area contributed by atoms with Crippen molar-refractivity contribution in [1.29, 1.82) is 0 Å². The summed E-state index contributed by atoms with van der Waals surface area (Å²) in [5, 5.41) is 0. The quantitative estimate of drug-likeness (QED) is 0.638. The van der Waals surface area contributed by atoms with Gasteiger partial charge in [0.2, 0.25) is 0 Å². The van der Waals surface area contributed by atoms with Crippen LogP contribution in [0.1, 0.15) is 20.3 Å². The second kappa shape index (κ2) is 3.82. The van der Waals surface area contributed by atoms with Gasteiger partial charge in [-0.15, -0.1) is 0 Å². The van der Waals surface area contributed by atoms with Gasteiger partial charge in [0.15, 0.2) is 0 Å². The molecule has 0 bridgehead atoms. The van der Waals surface area contributed by atoms with Gasteiger partial charge < -0.3 is 5.73 Å². The molecule has 0 saturated carbocycles. The van der Waals surface area contributed by atoms with Crippen LogP contribution in [0.3, 0.4) is 0 Å². The number of rotatable bonds is 2. The maximum Gasteiger partial charge on any atom is 0.134 e. The minimum absolute atomic E-state index is 0.0556.